The van der Waals surface area contributed by atoms with E-state index in [9.17, 15) is 4.79 Å². The van der Waals surface area contributed by atoms with Crippen molar-refractivity contribution in [1.82, 2.24) is 5.32 Å². The van der Waals surface area contributed by atoms with Crippen LogP contribution in [0.5, 0.6) is 0 Å². The van der Waals surface area contributed by atoms with Crippen LogP contribution in [0.4, 0.5) is 0 Å². The maximum Gasteiger partial charge on any atom is 0.284 e. The average molecular weight is 222 g/mol. The van der Waals surface area contributed by atoms with Crippen LogP contribution in [0.1, 0.15) is 42.0 Å². The first-order chi connectivity index (χ1) is 7.75. The number of hydrogen-bond donors (Lipinski definition) is 2. The summed E-state index contributed by atoms with van der Waals surface area (Å²) in [7, 11) is 0. The van der Waals surface area contributed by atoms with Crippen molar-refractivity contribution in [3.05, 3.63) is 23.7 Å². The van der Waals surface area contributed by atoms with E-state index in [4.69, 9.17) is 10.2 Å². The Hall–Kier alpha value is -1.29. The maximum absolute atomic E-state index is 10.8. The van der Waals surface area contributed by atoms with E-state index in [1.807, 2.05) is 0 Å². The van der Waals surface area contributed by atoms with E-state index in [2.05, 4.69) is 5.32 Å². The standard InChI is InChI=1S/C12H18N2O2/c13-12(15)11-6-5-10(16-11)8-14-7-9-3-1-2-4-9/h5-6,9,14H,1-4,7-8H2,(H2,13,15). The molecule has 3 N–H and O–H groups in total. The molecule has 88 valence electrons. The number of primary amides is 1. The molecule has 0 spiro atoms. The highest BCUT2D eigenvalue weighted by Gasteiger charge is 2.14. The Bertz CT molecular complexity index is 354. The summed E-state index contributed by atoms with van der Waals surface area (Å²) in [6, 6.07) is 3.41. The van der Waals surface area contributed by atoms with E-state index in [1.165, 1.54) is 25.7 Å². The van der Waals surface area contributed by atoms with Gasteiger partial charge in [-0.05, 0) is 37.4 Å². The van der Waals surface area contributed by atoms with Crippen molar-refractivity contribution in [2.45, 2.75) is 32.2 Å². The molecule has 4 nitrogen and oxygen atoms in total. The second kappa shape index (κ2) is 5.16. The number of nitrogens with one attached hydrogen (secondary N) is 1. The molecule has 0 bridgehead atoms. The third kappa shape index (κ3) is 2.85. The molecule has 1 aliphatic carbocycles. The van der Waals surface area contributed by atoms with Crippen molar-refractivity contribution < 1.29 is 9.21 Å². The van der Waals surface area contributed by atoms with E-state index >= 15 is 0 Å². The van der Waals surface area contributed by atoms with Gasteiger partial charge in [0.2, 0.25) is 0 Å². The third-order valence-electron chi connectivity index (χ3n) is 3.11. The lowest BCUT2D eigenvalue weighted by atomic mass is 10.1. The fourth-order valence-corrected chi connectivity index (χ4v) is 2.22. The van der Waals surface area contributed by atoms with Gasteiger partial charge in [-0.3, -0.25) is 4.79 Å². The molecule has 0 unspecified atom stereocenters. The number of nitrogens with two attached hydrogens (primary N) is 1. The summed E-state index contributed by atoms with van der Waals surface area (Å²) in [5.41, 5.74) is 5.10. The molecule has 0 saturated heterocycles. The first kappa shape index (κ1) is 11.2. The normalized spacial score (nSPS) is 16.8. The third-order valence-corrected chi connectivity index (χ3v) is 3.11. The van der Waals surface area contributed by atoms with Gasteiger partial charge in [0.15, 0.2) is 5.76 Å². The van der Waals surface area contributed by atoms with Crippen LogP contribution in [0.2, 0.25) is 0 Å². The summed E-state index contributed by atoms with van der Waals surface area (Å²) in [6.45, 7) is 1.70. The zero-order chi connectivity index (χ0) is 11.4. The Labute approximate surface area is 95.2 Å². The van der Waals surface area contributed by atoms with Gasteiger partial charge in [0.05, 0.1) is 6.54 Å². The zero-order valence-corrected chi connectivity index (χ0v) is 9.37. The number of carbonyl (C=O) groups excluding carboxylic acids is 1. The predicted octanol–water partition coefficient (Wildman–Crippen LogP) is 1.66. The quantitative estimate of drug-likeness (QED) is 0.796. The molecule has 1 saturated carbocycles. The average Bonchev–Trinajstić information content (AvgIpc) is 2.87. The molecule has 1 fully saturated rings. The van der Waals surface area contributed by atoms with Gasteiger partial charge in [-0.1, -0.05) is 12.8 Å². The first-order valence-corrected chi connectivity index (χ1v) is 5.85. The summed E-state index contributed by atoms with van der Waals surface area (Å²) >= 11 is 0. The van der Waals surface area contributed by atoms with E-state index in [-0.39, 0.29) is 5.76 Å². The van der Waals surface area contributed by atoms with E-state index in [0.717, 1.165) is 18.2 Å². The second-order valence-corrected chi connectivity index (χ2v) is 4.41. The molecule has 1 aromatic heterocycles. The van der Waals surface area contributed by atoms with E-state index in [1.54, 1.807) is 12.1 Å². The van der Waals surface area contributed by atoms with Crippen molar-refractivity contribution in [3.8, 4) is 0 Å². The van der Waals surface area contributed by atoms with Crippen LogP contribution in [0, 0.1) is 5.92 Å². The minimum atomic E-state index is -0.512. The van der Waals surface area contributed by atoms with E-state index in [0.29, 0.717) is 6.54 Å². The SMILES string of the molecule is NC(=O)c1ccc(CNCC2CCCC2)o1. The van der Waals surface area contributed by atoms with Gasteiger partial charge in [0.25, 0.3) is 5.91 Å². The Balaban J connectivity index is 1.74. The highest BCUT2D eigenvalue weighted by molar-refractivity contribution is 5.89. The van der Waals surface area contributed by atoms with Crippen molar-refractivity contribution >= 4 is 5.91 Å². The number of hydrogen-bond acceptors (Lipinski definition) is 3. The second-order valence-electron chi connectivity index (χ2n) is 4.41. The van der Waals surface area contributed by atoms with Gasteiger partial charge in [0.1, 0.15) is 5.76 Å². The van der Waals surface area contributed by atoms with Crippen LogP contribution in [-0.4, -0.2) is 12.5 Å². The zero-order valence-electron chi connectivity index (χ0n) is 9.37. The largest absolute Gasteiger partial charge is 0.455 e. The fourth-order valence-electron chi connectivity index (χ4n) is 2.22. The monoisotopic (exact) mass is 222 g/mol. The molecular formula is C12H18N2O2. The van der Waals surface area contributed by atoms with Crippen molar-refractivity contribution in [2.75, 3.05) is 6.54 Å². The van der Waals surface area contributed by atoms with Crippen molar-refractivity contribution in [2.24, 2.45) is 11.7 Å². The highest BCUT2D eigenvalue weighted by Crippen LogP contribution is 2.23. The van der Waals surface area contributed by atoms with Gasteiger partial charge in [-0.25, -0.2) is 0 Å². The lowest BCUT2D eigenvalue weighted by Gasteiger charge is -2.08. The molecular weight excluding hydrogens is 204 g/mol. The van der Waals surface area contributed by atoms with Crippen LogP contribution in [-0.2, 0) is 6.54 Å². The smallest absolute Gasteiger partial charge is 0.284 e. The van der Waals surface area contributed by atoms with Crippen LogP contribution in [0.3, 0.4) is 0 Å². The Morgan fingerprint density at radius 2 is 2.19 bits per heavy atom. The number of carbonyl (C=O) groups is 1. The van der Waals surface area contributed by atoms with Crippen LogP contribution >= 0.6 is 0 Å². The van der Waals surface area contributed by atoms with Gasteiger partial charge in [-0.2, -0.15) is 0 Å². The molecule has 1 aliphatic rings. The van der Waals surface area contributed by atoms with Gasteiger partial charge in [0, 0.05) is 0 Å². The number of amides is 1. The highest BCUT2D eigenvalue weighted by atomic mass is 16.3. The van der Waals surface area contributed by atoms with E-state index < -0.39 is 5.91 Å². The molecule has 4 heteroatoms. The van der Waals surface area contributed by atoms with Gasteiger partial charge in [-0.15, -0.1) is 0 Å². The van der Waals surface area contributed by atoms with Crippen LogP contribution in [0.15, 0.2) is 16.5 Å². The van der Waals surface area contributed by atoms with Gasteiger partial charge < -0.3 is 15.5 Å². The fraction of sp³-hybridized carbons (Fsp3) is 0.583. The molecule has 2 rings (SSSR count). The predicted molar refractivity (Wildman–Crippen MR) is 60.9 cm³/mol. The Morgan fingerprint density at radius 1 is 1.44 bits per heavy atom. The molecule has 0 aromatic carbocycles. The Kier molecular flexibility index (Phi) is 3.62. The summed E-state index contributed by atoms with van der Waals surface area (Å²) in [4.78, 5) is 10.8. The van der Waals surface area contributed by atoms with Crippen molar-refractivity contribution in [1.29, 1.82) is 0 Å². The first-order valence-electron chi connectivity index (χ1n) is 5.85. The molecule has 0 atom stereocenters. The molecule has 1 aromatic rings. The topological polar surface area (TPSA) is 68.3 Å². The van der Waals surface area contributed by atoms with Gasteiger partial charge >= 0.3 is 0 Å². The summed E-state index contributed by atoms with van der Waals surface area (Å²) in [6.07, 6.45) is 5.38. The minimum Gasteiger partial charge on any atom is -0.455 e. The lowest BCUT2D eigenvalue weighted by molar-refractivity contribution is 0.0972. The lowest BCUT2D eigenvalue weighted by Crippen LogP contribution is -2.20. The minimum absolute atomic E-state index is 0.234. The molecule has 1 amide bonds. The summed E-state index contributed by atoms with van der Waals surface area (Å²) < 4.78 is 5.27. The summed E-state index contributed by atoms with van der Waals surface area (Å²) in [5, 5.41) is 3.35. The number of furan rings is 1. The molecule has 16 heavy (non-hydrogen) atoms. The van der Waals surface area contributed by atoms with Crippen LogP contribution < -0.4 is 11.1 Å². The maximum atomic E-state index is 10.8. The molecule has 0 radical (unpaired) electrons. The molecule has 1 heterocycles. The number of rotatable bonds is 5. The Morgan fingerprint density at radius 3 is 2.81 bits per heavy atom. The molecule has 0 aliphatic heterocycles. The summed E-state index contributed by atoms with van der Waals surface area (Å²) in [5.74, 6) is 1.30. The van der Waals surface area contributed by atoms with Crippen molar-refractivity contribution in [3.63, 3.8) is 0 Å². The van der Waals surface area contributed by atoms with Crippen LogP contribution in [0.25, 0.3) is 0 Å².